The average molecular weight is 316 g/mol. The lowest BCUT2D eigenvalue weighted by Gasteiger charge is -2.21. The number of aryl methyl sites for hydroxylation is 1. The molecule has 1 saturated heterocycles. The Hall–Kier alpha value is -0.470. The molecule has 1 aromatic rings. The second kappa shape index (κ2) is 5.38. The second-order valence-corrected chi connectivity index (χ2v) is 8.91. The molecule has 112 valence electrons. The van der Waals surface area contributed by atoms with Crippen LogP contribution in [0.5, 0.6) is 0 Å². The minimum absolute atomic E-state index is 0.217. The molecule has 0 amide bonds. The third-order valence-electron chi connectivity index (χ3n) is 3.91. The van der Waals surface area contributed by atoms with E-state index in [0.29, 0.717) is 12.5 Å². The molecule has 1 aliphatic heterocycles. The summed E-state index contributed by atoms with van der Waals surface area (Å²) in [7, 11) is -1.54. The summed E-state index contributed by atoms with van der Waals surface area (Å²) in [6, 6.07) is 3.80. The SMILES string of the molecule is Cc1ccc(C2C(S(=O)(=O)NCC3CC3)CON2C)s1. The minimum atomic E-state index is -3.35. The second-order valence-electron chi connectivity index (χ2n) is 5.61. The molecule has 1 aromatic heterocycles. The van der Waals surface area contributed by atoms with Crippen LogP contribution >= 0.6 is 11.3 Å². The third-order valence-corrected chi connectivity index (χ3v) is 6.74. The molecular weight excluding hydrogens is 296 g/mol. The molecule has 20 heavy (non-hydrogen) atoms. The molecule has 0 bridgehead atoms. The van der Waals surface area contributed by atoms with E-state index in [9.17, 15) is 8.42 Å². The van der Waals surface area contributed by atoms with Gasteiger partial charge < -0.3 is 0 Å². The van der Waals surface area contributed by atoms with Gasteiger partial charge in [-0.15, -0.1) is 11.3 Å². The molecule has 2 heterocycles. The first-order valence-corrected chi connectivity index (χ1v) is 9.24. The third kappa shape index (κ3) is 2.92. The van der Waals surface area contributed by atoms with Gasteiger partial charge in [-0.1, -0.05) is 0 Å². The maximum atomic E-state index is 12.5. The zero-order valence-corrected chi connectivity index (χ0v) is 13.3. The van der Waals surface area contributed by atoms with Crippen LogP contribution in [0.3, 0.4) is 0 Å². The summed E-state index contributed by atoms with van der Waals surface area (Å²) in [4.78, 5) is 7.70. The van der Waals surface area contributed by atoms with Gasteiger partial charge in [0, 0.05) is 23.3 Å². The van der Waals surface area contributed by atoms with E-state index in [1.807, 2.05) is 19.1 Å². The van der Waals surface area contributed by atoms with Gasteiger partial charge in [0.15, 0.2) is 0 Å². The van der Waals surface area contributed by atoms with Gasteiger partial charge in [0.2, 0.25) is 10.0 Å². The first kappa shape index (κ1) is 14.5. The minimum Gasteiger partial charge on any atom is -0.297 e. The first-order valence-electron chi connectivity index (χ1n) is 6.88. The quantitative estimate of drug-likeness (QED) is 0.898. The molecule has 0 radical (unpaired) electrons. The smallest absolute Gasteiger partial charge is 0.218 e. The molecule has 1 saturated carbocycles. The van der Waals surface area contributed by atoms with Gasteiger partial charge in [-0.3, -0.25) is 4.84 Å². The fourth-order valence-corrected chi connectivity index (χ4v) is 5.24. The van der Waals surface area contributed by atoms with E-state index in [1.54, 1.807) is 23.4 Å². The Labute approximate surface area is 123 Å². The van der Waals surface area contributed by atoms with Crippen LogP contribution in [-0.4, -0.2) is 38.9 Å². The Bertz CT molecular complexity index is 580. The normalized spacial score (nSPS) is 28.1. The topological polar surface area (TPSA) is 58.6 Å². The van der Waals surface area contributed by atoms with E-state index in [2.05, 4.69) is 4.72 Å². The maximum Gasteiger partial charge on any atom is 0.218 e. The summed E-state index contributed by atoms with van der Waals surface area (Å²) in [5.74, 6) is 0.534. The van der Waals surface area contributed by atoms with Gasteiger partial charge in [0.05, 0.1) is 12.6 Å². The van der Waals surface area contributed by atoms with Gasteiger partial charge in [0.25, 0.3) is 0 Å². The predicted octanol–water partition coefficient (Wildman–Crippen LogP) is 1.67. The van der Waals surface area contributed by atoms with Crippen molar-refractivity contribution in [3.8, 4) is 0 Å². The van der Waals surface area contributed by atoms with E-state index >= 15 is 0 Å². The molecule has 2 aliphatic rings. The van der Waals surface area contributed by atoms with Gasteiger partial charge in [-0.05, 0) is 37.8 Å². The van der Waals surface area contributed by atoms with Crippen molar-refractivity contribution in [1.82, 2.24) is 9.79 Å². The van der Waals surface area contributed by atoms with Crippen molar-refractivity contribution in [1.29, 1.82) is 0 Å². The van der Waals surface area contributed by atoms with E-state index in [0.717, 1.165) is 17.7 Å². The summed E-state index contributed by atoms with van der Waals surface area (Å²) < 4.78 is 27.7. The number of nitrogens with one attached hydrogen (secondary N) is 1. The maximum absolute atomic E-state index is 12.5. The van der Waals surface area contributed by atoms with E-state index in [-0.39, 0.29) is 12.6 Å². The summed E-state index contributed by atoms with van der Waals surface area (Å²) >= 11 is 1.63. The van der Waals surface area contributed by atoms with Crippen LogP contribution in [0.4, 0.5) is 0 Å². The van der Waals surface area contributed by atoms with Crippen molar-refractivity contribution in [3.05, 3.63) is 21.9 Å². The van der Waals surface area contributed by atoms with Crippen molar-refractivity contribution >= 4 is 21.4 Å². The van der Waals surface area contributed by atoms with Crippen molar-refractivity contribution in [2.45, 2.75) is 31.1 Å². The number of sulfonamides is 1. The van der Waals surface area contributed by atoms with Gasteiger partial charge in [0.1, 0.15) is 5.25 Å². The van der Waals surface area contributed by atoms with E-state index in [1.165, 1.54) is 4.88 Å². The molecule has 1 N–H and O–H groups in total. The van der Waals surface area contributed by atoms with E-state index in [4.69, 9.17) is 4.84 Å². The Balaban J connectivity index is 1.79. The molecule has 0 spiro atoms. The zero-order chi connectivity index (χ0) is 14.3. The van der Waals surface area contributed by atoms with Gasteiger partial charge >= 0.3 is 0 Å². The lowest BCUT2D eigenvalue weighted by atomic mass is 10.2. The predicted molar refractivity (Wildman–Crippen MR) is 78.9 cm³/mol. The van der Waals surface area contributed by atoms with Crippen LogP contribution in [0.15, 0.2) is 12.1 Å². The Morgan fingerprint density at radius 1 is 1.45 bits per heavy atom. The van der Waals surface area contributed by atoms with Gasteiger partial charge in [-0.25, -0.2) is 13.1 Å². The summed E-state index contributed by atoms with van der Waals surface area (Å²) in [5.41, 5.74) is 0. The molecular formula is C13H20N2O3S2. The number of rotatable bonds is 5. The molecule has 2 fully saturated rings. The lowest BCUT2D eigenvalue weighted by molar-refractivity contribution is -0.110. The highest BCUT2D eigenvalue weighted by Crippen LogP contribution is 2.37. The number of hydrogen-bond acceptors (Lipinski definition) is 5. The number of hydrogen-bond donors (Lipinski definition) is 1. The molecule has 5 nitrogen and oxygen atoms in total. The Morgan fingerprint density at radius 3 is 2.80 bits per heavy atom. The lowest BCUT2D eigenvalue weighted by Crippen LogP contribution is -2.39. The summed E-state index contributed by atoms with van der Waals surface area (Å²) in [5, 5.41) is 1.14. The summed E-state index contributed by atoms with van der Waals surface area (Å²) in [6.07, 6.45) is 2.27. The van der Waals surface area contributed by atoms with Crippen LogP contribution < -0.4 is 4.72 Å². The van der Waals surface area contributed by atoms with Crippen LogP contribution in [0.1, 0.15) is 28.6 Å². The highest BCUT2D eigenvalue weighted by atomic mass is 32.2. The highest BCUT2D eigenvalue weighted by molar-refractivity contribution is 7.90. The van der Waals surface area contributed by atoms with Crippen LogP contribution in [0, 0.1) is 12.8 Å². The average Bonchev–Trinajstić information content (AvgIpc) is 3.00. The summed E-state index contributed by atoms with van der Waals surface area (Å²) in [6.45, 7) is 2.82. The number of thiophene rings is 1. The van der Waals surface area contributed by atoms with Crippen molar-refractivity contribution in [3.63, 3.8) is 0 Å². The van der Waals surface area contributed by atoms with Crippen LogP contribution in [0.25, 0.3) is 0 Å². The van der Waals surface area contributed by atoms with Crippen molar-refractivity contribution in [2.75, 3.05) is 20.2 Å². The monoisotopic (exact) mass is 316 g/mol. The molecule has 2 atom stereocenters. The largest absolute Gasteiger partial charge is 0.297 e. The fraction of sp³-hybridized carbons (Fsp3) is 0.692. The highest BCUT2D eigenvalue weighted by Gasteiger charge is 2.44. The number of hydroxylamine groups is 2. The number of nitrogens with zero attached hydrogens (tertiary/aromatic N) is 1. The van der Waals surface area contributed by atoms with E-state index < -0.39 is 15.3 Å². The van der Waals surface area contributed by atoms with Crippen LogP contribution in [-0.2, 0) is 14.9 Å². The molecule has 3 rings (SSSR count). The molecule has 7 heteroatoms. The van der Waals surface area contributed by atoms with Crippen molar-refractivity contribution < 1.29 is 13.3 Å². The van der Waals surface area contributed by atoms with Gasteiger partial charge in [-0.2, -0.15) is 5.06 Å². The molecule has 1 aliphatic carbocycles. The van der Waals surface area contributed by atoms with Crippen LogP contribution in [0.2, 0.25) is 0 Å². The zero-order valence-electron chi connectivity index (χ0n) is 11.7. The molecule has 0 aromatic carbocycles. The first-order chi connectivity index (χ1) is 9.47. The standard InChI is InChI=1S/C13H20N2O3S2/c1-9-3-6-11(19-9)13-12(8-18-15(13)2)20(16,17)14-7-10-4-5-10/h3,6,10,12-14H,4-5,7-8H2,1-2H3. The Morgan fingerprint density at radius 2 is 2.20 bits per heavy atom. The van der Waals surface area contributed by atoms with Crippen molar-refractivity contribution in [2.24, 2.45) is 5.92 Å². The fourth-order valence-electron chi connectivity index (χ4n) is 2.49. The molecule has 2 unspecified atom stereocenters. The Kier molecular flexibility index (Phi) is 3.89.